The van der Waals surface area contributed by atoms with E-state index in [2.05, 4.69) is 21.2 Å². The first-order valence-electron chi connectivity index (χ1n) is 3.84. The van der Waals surface area contributed by atoms with Crippen LogP contribution in [0.25, 0.3) is 0 Å². The van der Waals surface area contributed by atoms with Crippen LogP contribution in [0.15, 0.2) is 28.7 Å². The summed E-state index contributed by atoms with van der Waals surface area (Å²) in [7, 11) is 0. The predicted octanol–water partition coefficient (Wildman–Crippen LogP) is 2.33. The zero-order valence-corrected chi connectivity index (χ0v) is 8.71. The van der Waals surface area contributed by atoms with E-state index >= 15 is 0 Å². The van der Waals surface area contributed by atoms with Crippen LogP contribution in [0.5, 0.6) is 0 Å². The van der Waals surface area contributed by atoms with E-state index in [0.29, 0.717) is 0 Å². The number of aliphatic carboxylic acids is 1. The largest absolute Gasteiger partial charge is 0.480 e. The number of hydrogen-bond donors (Lipinski definition) is 2. The van der Waals surface area contributed by atoms with Crippen LogP contribution in [0, 0.1) is 0 Å². The first kappa shape index (κ1) is 10.1. The van der Waals surface area contributed by atoms with Gasteiger partial charge in [-0.25, -0.2) is 0 Å². The smallest absolute Gasteiger partial charge is 0.325 e. The van der Waals surface area contributed by atoms with Crippen molar-refractivity contribution in [2.24, 2.45) is 0 Å². The second-order valence-corrected chi connectivity index (χ2v) is 3.63. The quantitative estimate of drug-likeness (QED) is 0.857. The number of benzene rings is 1. The van der Waals surface area contributed by atoms with Gasteiger partial charge in [0, 0.05) is 10.2 Å². The summed E-state index contributed by atoms with van der Waals surface area (Å²) in [5.74, 6) is -0.861. The van der Waals surface area contributed by atoms with Crippen LogP contribution in [0.3, 0.4) is 0 Å². The van der Waals surface area contributed by atoms with Gasteiger partial charge in [0.1, 0.15) is 6.04 Å². The van der Waals surface area contributed by atoms with Gasteiger partial charge < -0.3 is 10.4 Å². The van der Waals surface area contributed by atoms with Gasteiger partial charge in [-0.15, -0.1) is 0 Å². The van der Waals surface area contributed by atoms with Gasteiger partial charge in [0.15, 0.2) is 0 Å². The van der Waals surface area contributed by atoms with E-state index in [0.717, 1.165) is 10.2 Å². The Bertz CT molecular complexity index is 314. The van der Waals surface area contributed by atoms with Crippen molar-refractivity contribution < 1.29 is 9.90 Å². The first-order chi connectivity index (χ1) is 6.09. The number of carbonyl (C=O) groups is 1. The Morgan fingerprint density at radius 2 is 2.31 bits per heavy atom. The minimum absolute atomic E-state index is 0.575. The first-order valence-corrected chi connectivity index (χ1v) is 4.64. The molecule has 0 aliphatic heterocycles. The van der Waals surface area contributed by atoms with Gasteiger partial charge in [0.25, 0.3) is 0 Å². The fourth-order valence-electron chi connectivity index (χ4n) is 0.890. The Morgan fingerprint density at radius 3 is 2.85 bits per heavy atom. The van der Waals surface area contributed by atoms with Crippen molar-refractivity contribution in [2.75, 3.05) is 5.32 Å². The van der Waals surface area contributed by atoms with Crippen LogP contribution in [0.4, 0.5) is 5.69 Å². The van der Waals surface area contributed by atoms with Crippen molar-refractivity contribution >= 4 is 27.6 Å². The third-order valence-electron chi connectivity index (χ3n) is 1.58. The topological polar surface area (TPSA) is 49.3 Å². The maximum Gasteiger partial charge on any atom is 0.325 e. The standard InChI is InChI=1S/C9H10BrNO2/c1-6(9(12)13)11-8-4-2-3-7(10)5-8/h2-6,11H,1H3,(H,12,13)/t6-/m1/s1. The molecule has 0 aliphatic carbocycles. The molecule has 1 aromatic carbocycles. The van der Waals surface area contributed by atoms with Crippen LogP contribution in [-0.4, -0.2) is 17.1 Å². The molecule has 0 amide bonds. The molecule has 0 radical (unpaired) electrons. The Kier molecular flexibility index (Phi) is 3.31. The van der Waals surface area contributed by atoms with Gasteiger partial charge in [-0.05, 0) is 25.1 Å². The summed E-state index contributed by atoms with van der Waals surface area (Å²) in [5.41, 5.74) is 0.796. The van der Waals surface area contributed by atoms with Crippen molar-refractivity contribution in [3.05, 3.63) is 28.7 Å². The van der Waals surface area contributed by atoms with Crippen molar-refractivity contribution in [3.63, 3.8) is 0 Å². The van der Waals surface area contributed by atoms with Crippen molar-refractivity contribution in [1.29, 1.82) is 0 Å². The van der Waals surface area contributed by atoms with Gasteiger partial charge in [0.2, 0.25) is 0 Å². The lowest BCUT2D eigenvalue weighted by atomic mass is 10.3. The summed E-state index contributed by atoms with van der Waals surface area (Å²) in [6.07, 6.45) is 0. The molecule has 0 saturated carbocycles. The van der Waals surface area contributed by atoms with Crippen LogP contribution in [0.1, 0.15) is 6.92 Å². The van der Waals surface area contributed by atoms with Crippen molar-refractivity contribution in [1.82, 2.24) is 0 Å². The fraction of sp³-hybridized carbons (Fsp3) is 0.222. The monoisotopic (exact) mass is 243 g/mol. The summed E-state index contributed by atoms with van der Waals surface area (Å²) in [6.45, 7) is 1.60. The van der Waals surface area contributed by atoms with E-state index in [1.807, 2.05) is 24.3 Å². The number of hydrogen-bond acceptors (Lipinski definition) is 2. The molecule has 0 bridgehead atoms. The minimum atomic E-state index is -0.861. The predicted molar refractivity (Wildman–Crippen MR) is 54.9 cm³/mol. The lowest BCUT2D eigenvalue weighted by molar-refractivity contribution is -0.137. The zero-order valence-electron chi connectivity index (χ0n) is 7.12. The summed E-state index contributed by atoms with van der Waals surface area (Å²) >= 11 is 3.30. The highest BCUT2D eigenvalue weighted by molar-refractivity contribution is 9.10. The normalized spacial score (nSPS) is 12.2. The third kappa shape index (κ3) is 3.06. The lowest BCUT2D eigenvalue weighted by Gasteiger charge is -2.10. The number of rotatable bonds is 3. The fourth-order valence-corrected chi connectivity index (χ4v) is 1.29. The average Bonchev–Trinajstić information content (AvgIpc) is 2.04. The second kappa shape index (κ2) is 4.28. The average molecular weight is 244 g/mol. The highest BCUT2D eigenvalue weighted by Crippen LogP contribution is 2.16. The molecule has 0 saturated heterocycles. The minimum Gasteiger partial charge on any atom is -0.480 e. The molecule has 2 N–H and O–H groups in total. The highest BCUT2D eigenvalue weighted by Gasteiger charge is 2.09. The number of anilines is 1. The molecule has 0 spiro atoms. The van der Waals surface area contributed by atoms with E-state index in [1.165, 1.54) is 0 Å². The van der Waals surface area contributed by atoms with Gasteiger partial charge in [-0.1, -0.05) is 22.0 Å². The number of carboxylic acids is 1. The Morgan fingerprint density at radius 1 is 1.62 bits per heavy atom. The molecule has 0 aromatic heterocycles. The molecule has 3 nitrogen and oxygen atoms in total. The molecule has 0 unspecified atom stereocenters. The van der Waals surface area contributed by atoms with Gasteiger partial charge in [-0.2, -0.15) is 0 Å². The van der Waals surface area contributed by atoms with Crippen LogP contribution < -0.4 is 5.32 Å². The SMILES string of the molecule is C[C@@H](Nc1cccc(Br)c1)C(=O)O. The maximum absolute atomic E-state index is 10.5. The molecule has 0 fully saturated rings. The molecule has 1 atom stereocenters. The van der Waals surface area contributed by atoms with Crippen LogP contribution in [-0.2, 0) is 4.79 Å². The Balaban J connectivity index is 2.69. The van der Waals surface area contributed by atoms with Crippen molar-refractivity contribution in [2.45, 2.75) is 13.0 Å². The summed E-state index contributed by atoms with van der Waals surface area (Å²) in [5, 5.41) is 11.5. The summed E-state index contributed by atoms with van der Waals surface area (Å²) in [4.78, 5) is 10.5. The summed E-state index contributed by atoms with van der Waals surface area (Å²) < 4.78 is 0.926. The molecule has 1 aromatic rings. The van der Waals surface area contributed by atoms with E-state index in [4.69, 9.17) is 5.11 Å². The Hall–Kier alpha value is -1.03. The molecule has 70 valence electrons. The van der Waals surface area contributed by atoms with E-state index in [9.17, 15) is 4.79 Å². The number of nitrogens with one attached hydrogen (secondary N) is 1. The number of carboxylic acid groups (broad SMARTS) is 1. The Labute approximate surface area is 84.9 Å². The second-order valence-electron chi connectivity index (χ2n) is 2.71. The highest BCUT2D eigenvalue weighted by atomic mass is 79.9. The third-order valence-corrected chi connectivity index (χ3v) is 2.07. The summed E-state index contributed by atoms with van der Waals surface area (Å²) in [6, 6.07) is 6.82. The molecule has 13 heavy (non-hydrogen) atoms. The maximum atomic E-state index is 10.5. The van der Waals surface area contributed by atoms with E-state index < -0.39 is 12.0 Å². The van der Waals surface area contributed by atoms with Gasteiger partial charge >= 0.3 is 5.97 Å². The van der Waals surface area contributed by atoms with Crippen molar-refractivity contribution in [3.8, 4) is 0 Å². The van der Waals surface area contributed by atoms with E-state index in [-0.39, 0.29) is 0 Å². The van der Waals surface area contributed by atoms with Crippen LogP contribution in [0.2, 0.25) is 0 Å². The molecular weight excluding hydrogens is 234 g/mol. The molecule has 0 aliphatic rings. The van der Waals surface area contributed by atoms with Gasteiger partial charge in [-0.3, -0.25) is 4.79 Å². The molecular formula is C9H10BrNO2. The zero-order chi connectivity index (χ0) is 9.84. The van der Waals surface area contributed by atoms with E-state index in [1.54, 1.807) is 6.92 Å². The molecule has 4 heteroatoms. The van der Waals surface area contributed by atoms with Crippen LogP contribution >= 0.6 is 15.9 Å². The lowest BCUT2D eigenvalue weighted by Crippen LogP contribution is -2.25. The van der Waals surface area contributed by atoms with Gasteiger partial charge in [0.05, 0.1) is 0 Å². The molecule has 1 rings (SSSR count). The molecule has 0 heterocycles. The number of halogens is 1.